The molecule has 0 spiro atoms. The molecule has 0 aromatic heterocycles. The summed E-state index contributed by atoms with van der Waals surface area (Å²) in [7, 11) is 0. The van der Waals surface area contributed by atoms with Gasteiger partial charge in [-0.1, -0.05) is 42.0 Å². The molecule has 0 atom stereocenters. The molecule has 0 aliphatic rings. The van der Waals surface area contributed by atoms with E-state index >= 15 is 0 Å². The molecule has 2 rings (SSSR count). The Bertz CT molecular complexity index is 700. The van der Waals surface area contributed by atoms with Crippen molar-refractivity contribution >= 4 is 18.3 Å². The van der Waals surface area contributed by atoms with Crippen LogP contribution in [0.15, 0.2) is 48.5 Å². The third kappa shape index (κ3) is 6.69. The summed E-state index contributed by atoms with van der Waals surface area (Å²) in [5.74, 6) is -0.631. The van der Waals surface area contributed by atoms with Crippen molar-refractivity contribution < 1.29 is 18.0 Å². The van der Waals surface area contributed by atoms with E-state index in [9.17, 15) is 18.0 Å². The van der Waals surface area contributed by atoms with Gasteiger partial charge in [0, 0.05) is 18.7 Å². The van der Waals surface area contributed by atoms with Crippen molar-refractivity contribution in [1.29, 1.82) is 0 Å². The van der Waals surface area contributed by atoms with Gasteiger partial charge in [-0.3, -0.25) is 4.79 Å². The summed E-state index contributed by atoms with van der Waals surface area (Å²) >= 11 is 0. The Morgan fingerprint density at radius 3 is 2.04 bits per heavy atom. The van der Waals surface area contributed by atoms with Gasteiger partial charge in [0.2, 0.25) is 0 Å². The number of rotatable bonds is 6. The summed E-state index contributed by atoms with van der Waals surface area (Å²) in [6, 6.07) is 13.9. The summed E-state index contributed by atoms with van der Waals surface area (Å²) in [5, 5.41) is 0. The van der Waals surface area contributed by atoms with Gasteiger partial charge in [0.05, 0.1) is 0 Å². The van der Waals surface area contributed by atoms with Crippen molar-refractivity contribution in [2.24, 2.45) is 5.73 Å². The fraction of sp³-hybridized carbons (Fsp3) is 0.316. The predicted octanol–water partition coefficient (Wildman–Crippen LogP) is 4.12. The molecule has 0 bridgehead atoms. The standard InChI is InChI=1S/C19H21F3N2O.ClH/c1-14-2-4-15(5-3-14)10-11-24(13-19(20,21)22)18(25)17-8-6-16(12-23)7-9-17;/h2-9H,10-13,23H2,1H3;1H. The molecule has 26 heavy (non-hydrogen) atoms. The highest BCUT2D eigenvalue weighted by Gasteiger charge is 2.33. The molecule has 0 aliphatic heterocycles. The number of carbonyl (C=O) groups excluding carboxylic acids is 1. The maximum atomic E-state index is 12.9. The van der Waals surface area contributed by atoms with Crippen LogP contribution in [0.25, 0.3) is 0 Å². The van der Waals surface area contributed by atoms with Crippen LogP contribution < -0.4 is 5.73 Å². The van der Waals surface area contributed by atoms with E-state index in [1.54, 1.807) is 12.1 Å². The molecule has 2 aromatic rings. The lowest BCUT2D eigenvalue weighted by Crippen LogP contribution is -2.40. The van der Waals surface area contributed by atoms with E-state index in [4.69, 9.17) is 5.73 Å². The minimum atomic E-state index is -4.44. The number of halogens is 4. The first kappa shape index (κ1) is 22.0. The fourth-order valence-electron chi connectivity index (χ4n) is 2.45. The average Bonchev–Trinajstić information content (AvgIpc) is 2.58. The van der Waals surface area contributed by atoms with Crippen LogP contribution in [-0.4, -0.2) is 30.1 Å². The zero-order valence-electron chi connectivity index (χ0n) is 14.4. The molecule has 1 amide bonds. The molecule has 0 saturated carbocycles. The Morgan fingerprint density at radius 2 is 1.54 bits per heavy atom. The molecule has 0 saturated heterocycles. The van der Waals surface area contributed by atoms with Gasteiger partial charge in [-0.25, -0.2) is 0 Å². The van der Waals surface area contributed by atoms with Gasteiger partial charge in [-0.2, -0.15) is 13.2 Å². The van der Waals surface area contributed by atoms with Crippen LogP contribution >= 0.6 is 12.4 Å². The van der Waals surface area contributed by atoms with Crippen LogP contribution in [0.4, 0.5) is 13.2 Å². The number of amides is 1. The van der Waals surface area contributed by atoms with Gasteiger partial charge in [0.1, 0.15) is 6.54 Å². The minimum Gasteiger partial charge on any atom is -0.329 e. The van der Waals surface area contributed by atoms with Crippen molar-refractivity contribution in [2.75, 3.05) is 13.1 Å². The zero-order valence-corrected chi connectivity index (χ0v) is 15.2. The van der Waals surface area contributed by atoms with Gasteiger partial charge in [-0.05, 0) is 36.6 Å². The third-order valence-corrected chi connectivity index (χ3v) is 3.88. The smallest absolute Gasteiger partial charge is 0.329 e. The monoisotopic (exact) mass is 386 g/mol. The molecular formula is C19H22ClF3N2O. The molecule has 0 fully saturated rings. The first-order valence-electron chi connectivity index (χ1n) is 7.99. The van der Waals surface area contributed by atoms with Crippen LogP contribution in [-0.2, 0) is 13.0 Å². The quantitative estimate of drug-likeness (QED) is 0.811. The second kappa shape index (κ2) is 9.59. The summed E-state index contributed by atoms with van der Waals surface area (Å²) in [4.78, 5) is 13.3. The lowest BCUT2D eigenvalue weighted by molar-refractivity contribution is -0.140. The summed E-state index contributed by atoms with van der Waals surface area (Å²) < 4.78 is 38.6. The number of aryl methyl sites for hydroxylation is 1. The van der Waals surface area contributed by atoms with Gasteiger partial charge in [0.15, 0.2) is 0 Å². The topological polar surface area (TPSA) is 46.3 Å². The Hall–Kier alpha value is -2.05. The van der Waals surface area contributed by atoms with Gasteiger partial charge in [-0.15, -0.1) is 12.4 Å². The maximum absolute atomic E-state index is 12.9. The lowest BCUT2D eigenvalue weighted by atomic mass is 10.1. The number of hydrogen-bond donors (Lipinski definition) is 1. The Morgan fingerprint density at radius 1 is 1.00 bits per heavy atom. The highest BCUT2D eigenvalue weighted by molar-refractivity contribution is 5.94. The Balaban J connectivity index is 0.00000338. The minimum absolute atomic E-state index is 0. The normalized spacial score (nSPS) is 11.0. The van der Waals surface area contributed by atoms with E-state index in [2.05, 4.69) is 0 Å². The molecular weight excluding hydrogens is 365 g/mol. The highest BCUT2D eigenvalue weighted by Crippen LogP contribution is 2.19. The van der Waals surface area contributed by atoms with Crippen molar-refractivity contribution in [3.05, 3.63) is 70.8 Å². The first-order valence-corrected chi connectivity index (χ1v) is 7.99. The van der Waals surface area contributed by atoms with Crippen LogP contribution in [0.5, 0.6) is 0 Å². The van der Waals surface area contributed by atoms with Crippen LogP contribution in [0.2, 0.25) is 0 Å². The number of alkyl halides is 3. The number of nitrogens with two attached hydrogens (primary N) is 1. The van der Waals surface area contributed by atoms with E-state index in [0.29, 0.717) is 13.0 Å². The summed E-state index contributed by atoms with van der Waals surface area (Å²) in [6.07, 6.45) is -4.08. The van der Waals surface area contributed by atoms with Crippen molar-refractivity contribution in [3.8, 4) is 0 Å². The van der Waals surface area contributed by atoms with Crippen molar-refractivity contribution in [2.45, 2.75) is 26.1 Å². The van der Waals surface area contributed by atoms with Gasteiger partial charge < -0.3 is 10.6 Å². The molecule has 7 heteroatoms. The largest absolute Gasteiger partial charge is 0.406 e. The maximum Gasteiger partial charge on any atom is 0.406 e. The van der Waals surface area contributed by atoms with Crippen molar-refractivity contribution in [1.82, 2.24) is 4.90 Å². The van der Waals surface area contributed by atoms with E-state index in [1.807, 2.05) is 31.2 Å². The van der Waals surface area contributed by atoms with Crippen LogP contribution in [0, 0.1) is 6.92 Å². The molecule has 2 N–H and O–H groups in total. The van der Waals surface area contributed by atoms with Crippen molar-refractivity contribution in [3.63, 3.8) is 0 Å². The Kier molecular flexibility index (Phi) is 8.11. The summed E-state index contributed by atoms with van der Waals surface area (Å²) in [5.41, 5.74) is 8.51. The fourth-order valence-corrected chi connectivity index (χ4v) is 2.45. The van der Waals surface area contributed by atoms with Gasteiger partial charge in [0.25, 0.3) is 5.91 Å². The average molecular weight is 387 g/mol. The molecule has 0 unspecified atom stereocenters. The van der Waals surface area contributed by atoms with E-state index in [1.165, 1.54) is 12.1 Å². The zero-order chi connectivity index (χ0) is 18.4. The van der Waals surface area contributed by atoms with Gasteiger partial charge >= 0.3 is 6.18 Å². The number of carbonyl (C=O) groups is 1. The number of hydrogen-bond acceptors (Lipinski definition) is 2. The second-order valence-electron chi connectivity index (χ2n) is 5.98. The molecule has 3 nitrogen and oxygen atoms in total. The van der Waals surface area contributed by atoms with Crippen LogP contribution in [0.1, 0.15) is 27.0 Å². The number of benzene rings is 2. The SMILES string of the molecule is Cc1ccc(CCN(CC(F)(F)F)C(=O)c2ccc(CN)cc2)cc1.Cl. The molecule has 0 radical (unpaired) electrons. The molecule has 0 heterocycles. The molecule has 142 valence electrons. The lowest BCUT2D eigenvalue weighted by Gasteiger charge is -2.24. The van der Waals surface area contributed by atoms with E-state index < -0.39 is 18.6 Å². The van der Waals surface area contributed by atoms with Crippen LogP contribution in [0.3, 0.4) is 0 Å². The summed E-state index contributed by atoms with van der Waals surface area (Å²) in [6.45, 7) is 0.985. The Labute approximate surface area is 157 Å². The predicted molar refractivity (Wildman–Crippen MR) is 98.4 cm³/mol. The first-order chi connectivity index (χ1) is 11.8. The third-order valence-electron chi connectivity index (χ3n) is 3.88. The van der Waals surface area contributed by atoms with E-state index in [0.717, 1.165) is 21.6 Å². The molecule has 2 aromatic carbocycles. The molecule has 0 aliphatic carbocycles. The number of nitrogens with zero attached hydrogens (tertiary/aromatic N) is 1. The van der Waals surface area contributed by atoms with E-state index in [-0.39, 0.29) is 24.5 Å². The highest BCUT2D eigenvalue weighted by atomic mass is 35.5. The second-order valence-corrected chi connectivity index (χ2v) is 5.98.